The number of carboxylic acids is 1. The van der Waals surface area contributed by atoms with Gasteiger partial charge in [0.05, 0.1) is 10.5 Å². The summed E-state index contributed by atoms with van der Waals surface area (Å²) in [4.78, 5) is 12.2. The van der Waals surface area contributed by atoms with Crippen molar-refractivity contribution in [1.29, 1.82) is 0 Å². The summed E-state index contributed by atoms with van der Waals surface area (Å²) in [7, 11) is -3.83. The summed E-state index contributed by atoms with van der Waals surface area (Å²) in [5.41, 5.74) is 1.11. The molecule has 0 saturated carbocycles. The number of halogens is 1. The van der Waals surface area contributed by atoms with Crippen LogP contribution in [0.1, 0.15) is 21.5 Å². The van der Waals surface area contributed by atoms with Crippen LogP contribution in [0.25, 0.3) is 0 Å². The van der Waals surface area contributed by atoms with E-state index in [1.54, 1.807) is 38.1 Å². The molecular weight excluding hydrogens is 453 g/mol. The van der Waals surface area contributed by atoms with Crippen LogP contribution in [0.2, 0.25) is 0 Å². The molecule has 3 rings (SSSR count). The highest BCUT2D eigenvalue weighted by atomic mass is 32.2. The summed E-state index contributed by atoms with van der Waals surface area (Å²) in [5, 5.41) is 9.29. The number of ether oxygens (including phenoxy) is 1. The first-order valence-electron chi connectivity index (χ1n) is 9.66. The summed E-state index contributed by atoms with van der Waals surface area (Å²) in [6.07, 6.45) is 0. The molecule has 0 aromatic heterocycles. The van der Waals surface area contributed by atoms with Crippen LogP contribution in [0.4, 0.5) is 4.39 Å². The standard InChI is InChI=1S/C23H22FNO5S2/c1-15-13-21(14-22(16(15)2)23(26)27)32(28,29)25-11-12-31-20-9-7-19(8-10-20)30-18-5-3-17(24)4-6-18/h3-10,13-14,25H,11-12H2,1-2H3,(H,26,27). The van der Waals surface area contributed by atoms with Crippen LogP contribution in [0.5, 0.6) is 11.5 Å². The maximum Gasteiger partial charge on any atom is 0.336 e. The van der Waals surface area contributed by atoms with Crippen molar-refractivity contribution >= 4 is 27.8 Å². The Labute approximate surface area is 190 Å². The molecule has 0 unspecified atom stereocenters. The number of carboxylic acid groups (broad SMARTS) is 1. The van der Waals surface area contributed by atoms with Gasteiger partial charge < -0.3 is 9.84 Å². The van der Waals surface area contributed by atoms with Crippen LogP contribution in [0.15, 0.2) is 70.5 Å². The lowest BCUT2D eigenvalue weighted by Gasteiger charge is -2.11. The highest BCUT2D eigenvalue weighted by Crippen LogP contribution is 2.25. The van der Waals surface area contributed by atoms with E-state index in [1.165, 1.54) is 36.0 Å². The van der Waals surface area contributed by atoms with Crippen molar-refractivity contribution in [3.8, 4) is 11.5 Å². The molecule has 0 fully saturated rings. The molecule has 0 radical (unpaired) electrons. The van der Waals surface area contributed by atoms with Crippen LogP contribution in [-0.4, -0.2) is 31.8 Å². The molecule has 0 saturated heterocycles. The van der Waals surface area contributed by atoms with Crippen molar-refractivity contribution in [3.05, 3.63) is 83.2 Å². The van der Waals surface area contributed by atoms with E-state index < -0.39 is 16.0 Å². The molecule has 2 N–H and O–H groups in total. The van der Waals surface area contributed by atoms with E-state index in [2.05, 4.69) is 4.72 Å². The van der Waals surface area contributed by atoms with E-state index in [4.69, 9.17) is 4.74 Å². The number of hydrogen-bond acceptors (Lipinski definition) is 5. The van der Waals surface area contributed by atoms with Crippen molar-refractivity contribution in [2.45, 2.75) is 23.6 Å². The van der Waals surface area contributed by atoms with Crippen molar-refractivity contribution in [3.63, 3.8) is 0 Å². The van der Waals surface area contributed by atoms with E-state index in [0.29, 0.717) is 28.4 Å². The Morgan fingerprint density at radius 2 is 1.62 bits per heavy atom. The monoisotopic (exact) mass is 475 g/mol. The van der Waals surface area contributed by atoms with Crippen LogP contribution >= 0.6 is 11.8 Å². The number of thioether (sulfide) groups is 1. The third-order valence-electron chi connectivity index (χ3n) is 4.72. The molecular formula is C23H22FNO5S2. The molecule has 0 amide bonds. The third-order valence-corrected chi connectivity index (χ3v) is 7.17. The van der Waals surface area contributed by atoms with Gasteiger partial charge in [0.2, 0.25) is 10.0 Å². The highest BCUT2D eigenvalue weighted by molar-refractivity contribution is 7.99. The van der Waals surface area contributed by atoms with Crippen molar-refractivity contribution in [2.75, 3.05) is 12.3 Å². The fourth-order valence-corrected chi connectivity index (χ4v) is 4.91. The minimum atomic E-state index is -3.83. The summed E-state index contributed by atoms with van der Waals surface area (Å²) in [6.45, 7) is 3.51. The van der Waals surface area contributed by atoms with Crippen molar-refractivity contribution in [1.82, 2.24) is 4.72 Å². The summed E-state index contributed by atoms with van der Waals surface area (Å²) >= 11 is 1.46. The third kappa shape index (κ3) is 6.09. The van der Waals surface area contributed by atoms with E-state index in [-0.39, 0.29) is 22.8 Å². The second-order valence-electron chi connectivity index (χ2n) is 6.99. The Morgan fingerprint density at radius 3 is 2.22 bits per heavy atom. The van der Waals surface area contributed by atoms with Gasteiger partial charge in [-0.2, -0.15) is 0 Å². The Balaban J connectivity index is 1.54. The number of rotatable bonds is 9. The molecule has 0 atom stereocenters. The predicted octanol–water partition coefficient (Wildman–Crippen LogP) is 5.00. The maximum absolute atomic E-state index is 13.0. The van der Waals surface area contributed by atoms with Gasteiger partial charge in [0.15, 0.2) is 0 Å². The molecule has 9 heteroatoms. The average Bonchev–Trinajstić information content (AvgIpc) is 2.75. The number of aryl methyl sites for hydroxylation is 1. The molecule has 6 nitrogen and oxygen atoms in total. The second kappa shape index (κ2) is 10.2. The van der Waals surface area contributed by atoms with E-state index in [1.807, 2.05) is 12.1 Å². The number of hydrogen-bond donors (Lipinski definition) is 2. The first-order chi connectivity index (χ1) is 15.2. The number of carbonyl (C=O) groups is 1. The molecule has 168 valence electrons. The minimum Gasteiger partial charge on any atom is -0.478 e. The van der Waals surface area contributed by atoms with E-state index in [0.717, 1.165) is 4.90 Å². The summed E-state index contributed by atoms with van der Waals surface area (Å²) < 4.78 is 46.2. The number of aromatic carboxylic acids is 1. The van der Waals surface area contributed by atoms with Crippen molar-refractivity contribution in [2.24, 2.45) is 0 Å². The molecule has 3 aromatic carbocycles. The lowest BCUT2D eigenvalue weighted by Crippen LogP contribution is -2.26. The van der Waals surface area contributed by atoms with Crippen molar-refractivity contribution < 1.29 is 27.4 Å². The van der Waals surface area contributed by atoms with Crippen LogP contribution in [0, 0.1) is 19.7 Å². The largest absolute Gasteiger partial charge is 0.478 e. The number of sulfonamides is 1. The molecule has 3 aromatic rings. The Morgan fingerprint density at radius 1 is 1.03 bits per heavy atom. The van der Waals surface area contributed by atoms with Gasteiger partial charge in [-0.05, 0) is 85.6 Å². The normalized spacial score (nSPS) is 11.3. The molecule has 0 aliphatic rings. The first-order valence-corrected chi connectivity index (χ1v) is 12.1. The zero-order valence-electron chi connectivity index (χ0n) is 17.5. The topological polar surface area (TPSA) is 92.7 Å². The Bertz CT molecular complexity index is 1210. The molecule has 0 aliphatic carbocycles. The lowest BCUT2D eigenvalue weighted by atomic mass is 10.0. The molecule has 32 heavy (non-hydrogen) atoms. The number of nitrogens with one attached hydrogen (secondary N) is 1. The predicted molar refractivity (Wildman–Crippen MR) is 122 cm³/mol. The highest BCUT2D eigenvalue weighted by Gasteiger charge is 2.19. The quantitative estimate of drug-likeness (QED) is 0.334. The van der Waals surface area contributed by atoms with Gasteiger partial charge in [0.25, 0.3) is 0 Å². The average molecular weight is 476 g/mol. The fraction of sp³-hybridized carbons (Fsp3) is 0.174. The van der Waals surface area contributed by atoms with Gasteiger partial charge in [0.1, 0.15) is 17.3 Å². The maximum atomic E-state index is 13.0. The smallest absolute Gasteiger partial charge is 0.336 e. The van der Waals surface area contributed by atoms with E-state index >= 15 is 0 Å². The van der Waals surface area contributed by atoms with Gasteiger partial charge in [-0.1, -0.05) is 0 Å². The zero-order chi connectivity index (χ0) is 23.3. The zero-order valence-corrected chi connectivity index (χ0v) is 19.1. The Kier molecular flexibility index (Phi) is 7.55. The van der Waals surface area contributed by atoms with Gasteiger partial charge in [-0.25, -0.2) is 22.3 Å². The van der Waals surface area contributed by atoms with Gasteiger partial charge >= 0.3 is 5.97 Å². The SMILES string of the molecule is Cc1cc(S(=O)(=O)NCCSc2ccc(Oc3ccc(F)cc3)cc2)cc(C(=O)O)c1C. The van der Waals surface area contributed by atoms with Gasteiger partial charge in [0, 0.05) is 17.2 Å². The van der Waals surface area contributed by atoms with Gasteiger partial charge in [-0.15, -0.1) is 11.8 Å². The molecule has 0 spiro atoms. The van der Waals surface area contributed by atoms with E-state index in [9.17, 15) is 22.7 Å². The molecule has 0 aliphatic heterocycles. The van der Waals surface area contributed by atoms with Crippen LogP contribution in [0.3, 0.4) is 0 Å². The summed E-state index contributed by atoms with van der Waals surface area (Å²) in [5.74, 6) is 0.113. The number of benzene rings is 3. The molecule has 0 heterocycles. The lowest BCUT2D eigenvalue weighted by molar-refractivity contribution is 0.0695. The Hall–Kier alpha value is -2.88. The van der Waals surface area contributed by atoms with Crippen LogP contribution < -0.4 is 9.46 Å². The minimum absolute atomic E-state index is 0.0253. The first kappa shape index (κ1) is 23.8. The van der Waals surface area contributed by atoms with Crippen LogP contribution in [-0.2, 0) is 10.0 Å². The van der Waals surface area contributed by atoms with Gasteiger partial charge in [-0.3, -0.25) is 0 Å². The summed E-state index contributed by atoms with van der Waals surface area (Å²) in [6, 6.07) is 15.6. The second-order valence-corrected chi connectivity index (χ2v) is 9.93. The molecule has 0 bridgehead atoms. The fourth-order valence-electron chi connectivity index (χ4n) is 2.87.